The fourth-order valence-electron chi connectivity index (χ4n) is 1.49. The summed E-state index contributed by atoms with van der Waals surface area (Å²) in [6, 6.07) is 11.3. The summed E-state index contributed by atoms with van der Waals surface area (Å²) in [5, 5.41) is 3.99. The molecule has 2 aromatic rings. The second kappa shape index (κ2) is 6.07. The number of methoxy groups -OCH3 is 1. The standard InChI is InChI=1S/C13H12BrClN2O/c1-18-13-4-2-3-10(17-13)8-16-12-6-5-9(15)7-11(12)14/h2-7,16H,8H2,1H3. The lowest BCUT2D eigenvalue weighted by molar-refractivity contribution is 0.396. The summed E-state index contributed by atoms with van der Waals surface area (Å²) in [4.78, 5) is 4.33. The lowest BCUT2D eigenvalue weighted by Gasteiger charge is -2.09. The Bertz CT molecular complexity index is 548. The maximum Gasteiger partial charge on any atom is 0.213 e. The van der Waals surface area contributed by atoms with E-state index in [0.29, 0.717) is 17.4 Å². The van der Waals surface area contributed by atoms with Crippen LogP contribution in [0.1, 0.15) is 5.69 Å². The molecule has 0 spiro atoms. The van der Waals surface area contributed by atoms with Crippen molar-refractivity contribution in [2.24, 2.45) is 0 Å². The van der Waals surface area contributed by atoms with Crippen LogP contribution in [-0.2, 0) is 6.54 Å². The Morgan fingerprint density at radius 3 is 2.89 bits per heavy atom. The number of aromatic nitrogens is 1. The second-order valence-corrected chi connectivity index (χ2v) is 4.94. The first-order chi connectivity index (χ1) is 8.69. The van der Waals surface area contributed by atoms with E-state index in [-0.39, 0.29) is 0 Å². The Balaban J connectivity index is 2.06. The van der Waals surface area contributed by atoms with Gasteiger partial charge in [0.2, 0.25) is 5.88 Å². The maximum atomic E-state index is 5.89. The first kappa shape index (κ1) is 13.2. The van der Waals surface area contributed by atoms with Crippen LogP contribution >= 0.6 is 27.5 Å². The van der Waals surface area contributed by atoms with E-state index in [1.165, 1.54) is 0 Å². The van der Waals surface area contributed by atoms with Gasteiger partial charge in [-0.25, -0.2) is 4.98 Å². The molecule has 94 valence electrons. The van der Waals surface area contributed by atoms with Crippen LogP contribution in [0.15, 0.2) is 40.9 Å². The van der Waals surface area contributed by atoms with Crippen molar-refractivity contribution in [1.29, 1.82) is 0 Å². The minimum Gasteiger partial charge on any atom is -0.481 e. The van der Waals surface area contributed by atoms with Crippen LogP contribution in [0.5, 0.6) is 5.88 Å². The van der Waals surface area contributed by atoms with Crippen LogP contribution < -0.4 is 10.1 Å². The van der Waals surface area contributed by atoms with Gasteiger partial charge in [-0.1, -0.05) is 17.7 Å². The van der Waals surface area contributed by atoms with Crippen LogP contribution in [0.2, 0.25) is 5.02 Å². The van der Waals surface area contributed by atoms with Crippen LogP contribution in [-0.4, -0.2) is 12.1 Å². The van der Waals surface area contributed by atoms with Crippen molar-refractivity contribution in [1.82, 2.24) is 4.98 Å². The highest BCUT2D eigenvalue weighted by molar-refractivity contribution is 9.10. The smallest absolute Gasteiger partial charge is 0.213 e. The first-order valence-corrected chi connectivity index (χ1v) is 6.55. The van der Waals surface area contributed by atoms with E-state index in [0.717, 1.165) is 15.9 Å². The van der Waals surface area contributed by atoms with E-state index in [9.17, 15) is 0 Å². The molecule has 0 saturated carbocycles. The summed E-state index contributed by atoms with van der Waals surface area (Å²) in [6.45, 7) is 0.622. The molecule has 0 radical (unpaired) electrons. The van der Waals surface area contributed by atoms with Crippen molar-refractivity contribution in [3.05, 3.63) is 51.6 Å². The largest absolute Gasteiger partial charge is 0.481 e. The number of halogens is 2. The molecule has 0 aliphatic carbocycles. The van der Waals surface area contributed by atoms with Crippen molar-refractivity contribution in [3.8, 4) is 5.88 Å². The fraction of sp³-hybridized carbons (Fsp3) is 0.154. The average molecular weight is 328 g/mol. The maximum absolute atomic E-state index is 5.89. The average Bonchev–Trinajstić information content (AvgIpc) is 2.38. The van der Waals surface area contributed by atoms with E-state index in [1.807, 2.05) is 36.4 Å². The molecule has 0 aliphatic rings. The van der Waals surface area contributed by atoms with Gasteiger partial charge in [0.1, 0.15) is 0 Å². The van der Waals surface area contributed by atoms with Gasteiger partial charge in [-0.3, -0.25) is 0 Å². The van der Waals surface area contributed by atoms with Gasteiger partial charge in [-0.15, -0.1) is 0 Å². The molecule has 0 bridgehead atoms. The lowest BCUT2D eigenvalue weighted by atomic mass is 10.3. The van der Waals surface area contributed by atoms with Gasteiger partial charge < -0.3 is 10.1 Å². The zero-order chi connectivity index (χ0) is 13.0. The van der Waals surface area contributed by atoms with Gasteiger partial charge in [-0.05, 0) is 40.2 Å². The van der Waals surface area contributed by atoms with Gasteiger partial charge in [0.25, 0.3) is 0 Å². The molecule has 0 atom stereocenters. The molecule has 2 rings (SSSR count). The molecule has 18 heavy (non-hydrogen) atoms. The third-order valence-electron chi connectivity index (χ3n) is 2.38. The van der Waals surface area contributed by atoms with E-state index < -0.39 is 0 Å². The highest BCUT2D eigenvalue weighted by Crippen LogP contribution is 2.26. The van der Waals surface area contributed by atoms with Gasteiger partial charge in [-0.2, -0.15) is 0 Å². The number of ether oxygens (including phenoxy) is 1. The highest BCUT2D eigenvalue weighted by atomic mass is 79.9. The van der Waals surface area contributed by atoms with Crippen LogP contribution in [0.3, 0.4) is 0 Å². The molecular weight excluding hydrogens is 316 g/mol. The third kappa shape index (κ3) is 3.37. The molecule has 0 fully saturated rings. The lowest BCUT2D eigenvalue weighted by Crippen LogP contribution is -2.02. The van der Waals surface area contributed by atoms with Gasteiger partial charge in [0.05, 0.1) is 19.3 Å². The fourth-order valence-corrected chi connectivity index (χ4v) is 2.31. The van der Waals surface area contributed by atoms with Crippen molar-refractivity contribution in [3.63, 3.8) is 0 Å². The van der Waals surface area contributed by atoms with Crippen molar-refractivity contribution in [2.45, 2.75) is 6.54 Å². The quantitative estimate of drug-likeness (QED) is 0.917. The number of nitrogens with one attached hydrogen (secondary N) is 1. The van der Waals surface area contributed by atoms with E-state index in [1.54, 1.807) is 7.11 Å². The first-order valence-electron chi connectivity index (χ1n) is 5.38. The Hall–Kier alpha value is -1.26. The summed E-state index contributed by atoms with van der Waals surface area (Å²) in [7, 11) is 1.61. The number of rotatable bonds is 4. The summed E-state index contributed by atoms with van der Waals surface area (Å²) in [5.41, 5.74) is 1.89. The predicted octanol–water partition coefficient (Wildman–Crippen LogP) is 4.12. The Kier molecular flexibility index (Phi) is 4.44. The van der Waals surface area contributed by atoms with Gasteiger partial charge >= 0.3 is 0 Å². The predicted molar refractivity (Wildman–Crippen MR) is 77.3 cm³/mol. The SMILES string of the molecule is COc1cccc(CNc2ccc(Cl)cc2Br)n1. The second-order valence-electron chi connectivity index (χ2n) is 3.65. The number of anilines is 1. The molecule has 5 heteroatoms. The third-order valence-corrected chi connectivity index (χ3v) is 3.27. The summed E-state index contributed by atoms with van der Waals surface area (Å²) < 4.78 is 6.01. The monoisotopic (exact) mass is 326 g/mol. The Morgan fingerprint density at radius 1 is 1.33 bits per heavy atom. The number of nitrogens with zero attached hydrogens (tertiary/aromatic N) is 1. The Morgan fingerprint density at radius 2 is 2.17 bits per heavy atom. The van der Waals surface area contributed by atoms with Crippen molar-refractivity contribution >= 4 is 33.2 Å². The summed E-state index contributed by atoms with van der Waals surface area (Å²) >= 11 is 9.34. The normalized spacial score (nSPS) is 10.2. The molecule has 1 heterocycles. The minimum absolute atomic E-state index is 0.615. The van der Waals surface area contributed by atoms with Crippen molar-refractivity contribution < 1.29 is 4.74 Å². The molecule has 0 amide bonds. The number of pyridine rings is 1. The summed E-state index contributed by atoms with van der Waals surface area (Å²) in [6.07, 6.45) is 0. The zero-order valence-corrected chi connectivity index (χ0v) is 12.1. The molecule has 1 aromatic heterocycles. The topological polar surface area (TPSA) is 34.1 Å². The van der Waals surface area contributed by atoms with E-state index >= 15 is 0 Å². The molecule has 3 nitrogen and oxygen atoms in total. The van der Waals surface area contributed by atoms with Crippen LogP contribution in [0.4, 0.5) is 5.69 Å². The highest BCUT2D eigenvalue weighted by Gasteiger charge is 2.02. The van der Waals surface area contributed by atoms with E-state index in [4.69, 9.17) is 16.3 Å². The van der Waals surface area contributed by atoms with Gasteiger partial charge in [0, 0.05) is 21.2 Å². The Labute approximate surface area is 119 Å². The minimum atomic E-state index is 0.615. The molecular formula is C13H12BrClN2O. The van der Waals surface area contributed by atoms with E-state index in [2.05, 4.69) is 26.2 Å². The molecule has 1 aromatic carbocycles. The van der Waals surface area contributed by atoms with Crippen LogP contribution in [0.25, 0.3) is 0 Å². The number of hydrogen-bond acceptors (Lipinski definition) is 3. The van der Waals surface area contributed by atoms with Gasteiger partial charge in [0.15, 0.2) is 0 Å². The van der Waals surface area contributed by atoms with Crippen molar-refractivity contribution in [2.75, 3.05) is 12.4 Å². The molecule has 0 aliphatic heterocycles. The summed E-state index contributed by atoms with van der Waals surface area (Å²) in [5.74, 6) is 0.615. The van der Waals surface area contributed by atoms with Crippen LogP contribution in [0, 0.1) is 0 Å². The molecule has 1 N–H and O–H groups in total. The molecule has 0 unspecified atom stereocenters. The zero-order valence-electron chi connectivity index (χ0n) is 9.78. The number of hydrogen-bond donors (Lipinski definition) is 1. The number of benzene rings is 1. The molecule has 0 saturated heterocycles.